The maximum Gasteiger partial charge on any atom is 0.234 e. The third kappa shape index (κ3) is 2.32. The molecule has 2 heteroatoms. The minimum atomic E-state index is 0.689. The number of isocyanates is 1. The van der Waals surface area contributed by atoms with Crippen LogP contribution in [0.4, 0.5) is 0 Å². The van der Waals surface area contributed by atoms with Crippen molar-refractivity contribution in [3.63, 3.8) is 0 Å². The maximum atomic E-state index is 9.69. The van der Waals surface area contributed by atoms with Gasteiger partial charge in [-0.05, 0) is 12.3 Å². The summed E-state index contributed by atoms with van der Waals surface area (Å²) in [6.07, 6.45) is 8.08. The van der Waals surface area contributed by atoms with Crippen molar-refractivity contribution in [2.24, 2.45) is 10.9 Å². The van der Waals surface area contributed by atoms with Crippen LogP contribution in [0.25, 0.3) is 0 Å². The zero-order chi connectivity index (χ0) is 7.23. The van der Waals surface area contributed by atoms with E-state index in [9.17, 15) is 4.79 Å². The molecule has 0 atom stereocenters. The van der Waals surface area contributed by atoms with Gasteiger partial charge >= 0.3 is 0 Å². The van der Waals surface area contributed by atoms with Gasteiger partial charge < -0.3 is 0 Å². The lowest BCUT2D eigenvalue weighted by molar-refractivity contribution is 0.508. The van der Waals surface area contributed by atoms with Crippen LogP contribution >= 0.6 is 0 Å². The molecule has 0 N–H and O–H groups in total. The zero-order valence-electron chi connectivity index (χ0n) is 6.18. The number of hydrogen-bond acceptors (Lipinski definition) is 2. The average Bonchev–Trinajstić information content (AvgIpc) is 2.41. The Morgan fingerprint density at radius 3 is 2.70 bits per heavy atom. The summed E-state index contributed by atoms with van der Waals surface area (Å²) < 4.78 is 0. The van der Waals surface area contributed by atoms with Gasteiger partial charge in [0.15, 0.2) is 0 Å². The number of hydrogen-bond donors (Lipinski definition) is 0. The van der Waals surface area contributed by atoms with E-state index in [-0.39, 0.29) is 0 Å². The van der Waals surface area contributed by atoms with Crippen molar-refractivity contribution in [2.45, 2.75) is 32.1 Å². The first kappa shape index (κ1) is 7.49. The van der Waals surface area contributed by atoms with Crippen LogP contribution in [0.5, 0.6) is 0 Å². The first-order valence-corrected chi connectivity index (χ1v) is 3.97. The molecule has 0 aromatic carbocycles. The van der Waals surface area contributed by atoms with Gasteiger partial charge in [-0.3, -0.25) is 0 Å². The molecular weight excluding hydrogens is 126 g/mol. The van der Waals surface area contributed by atoms with Gasteiger partial charge in [-0.1, -0.05) is 25.7 Å². The fraction of sp³-hybridized carbons (Fsp3) is 0.875. The topological polar surface area (TPSA) is 29.4 Å². The van der Waals surface area contributed by atoms with Gasteiger partial charge in [-0.2, -0.15) is 0 Å². The summed E-state index contributed by atoms with van der Waals surface area (Å²) >= 11 is 0. The molecule has 0 heterocycles. The monoisotopic (exact) mass is 139 g/mol. The third-order valence-corrected chi connectivity index (χ3v) is 2.19. The van der Waals surface area contributed by atoms with Crippen molar-refractivity contribution in [2.75, 3.05) is 6.54 Å². The van der Waals surface area contributed by atoms with Crippen molar-refractivity contribution in [1.82, 2.24) is 0 Å². The third-order valence-electron chi connectivity index (χ3n) is 2.19. The predicted octanol–water partition coefficient (Wildman–Crippen LogP) is 1.90. The molecule has 0 aromatic heterocycles. The molecule has 1 aliphatic carbocycles. The molecule has 0 saturated heterocycles. The molecule has 1 rings (SSSR count). The smallest absolute Gasteiger partial charge is 0.211 e. The summed E-state index contributed by atoms with van der Waals surface area (Å²) in [5, 5.41) is 0. The highest BCUT2D eigenvalue weighted by Gasteiger charge is 2.13. The standard InChI is InChI=1S/C8H13NO/c10-7-9-6-5-8-3-1-2-4-8/h8H,1-6H2. The fourth-order valence-electron chi connectivity index (χ4n) is 1.59. The van der Waals surface area contributed by atoms with E-state index in [0.29, 0.717) is 6.54 Å². The van der Waals surface area contributed by atoms with Crippen LogP contribution in [0.1, 0.15) is 32.1 Å². The van der Waals surface area contributed by atoms with Crippen molar-refractivity contribution >= 4 is 6.08 Å². The summed E-state index contributed by atoms with van der Waals surface area (Å²) in [5.74, 6) is 0.845. The predicted molar refractivity (Wildman–Crippen MR) is 39.6 cm³/mol. The second-order valence-electron chi connectivity index (χ2n) is 2.91. The normalized spacial score (nSPS) is 18.8. The molecule has 1 aliphatic rings. The van der Waals surface area contributed by atoms with Gasteiger partial charge in [0.2, 0.25) is 6.08 Å². The molecule has 10 heavy (non-hydrogen) atoms. The second-order valence-corrected chi connectivity index (χ2v) is 2.91. The molecular formula is C8H13NO. The molecule has 0 unspecified atom stereocenters. The van der Waals surface area contributed by atoms with E-state index in [0.717, 1.165) is 12.3 Å². The highest BCUT2D eigenvalue weighted by Crippen LogP contribution is 2.27. The number of rotatable bonds is 3. The van der Waals surface area contributed by atoms with Crippen molar-refractivity contribution in [3.8, 4) is 0 Å². The molecule has 0 bridgehead atoms. The Labute approximate surface area is 61.3 Å². The van der Waals surface area contributed by atoms with Gasteiger partial charge in [0.05, 0.1) is 6.54 Å². The lowest BCUT2D eigenvalue weighted by Gasteiger charge is -2.03. The molecule has 1 fully saturated rings. The molecule has 1 saturated carbocycles. The van der Waals surface area contributed by atoms with E-state index in [2.05, 4.69) is 4.99 Å². The van der Waals surface area contributed by atoms with E-state index in [1.165, 1.54) is 25.7 Å². The molecule has 0 spiro atoms. The van der Waals surface area contributed by atoms with Crippen LogP contribution < -0.4 is 0 Å². The first-order chi connectivity index (χ1) is 4.93. The summed E-state index contributed by atoms with van der Waals surface area (Å²) in [5.41, 5.74) is 0. The van der Waals surface area contributed by atoms with Crippen LogP contribution in [0.15, 0.2) is 4.99 Å². The van der Waals surface area contributed by atoms with Crippen LogP contribution in [-0.4, -0.2) is 12.6 Å². The molecule has 2 nitrogen and oxygen atoms in total. The Kier molecular flexibility index (Phi) is 3.17. The van der Waals surface area contributed by atoms with Gasteiger partial charge in [0.1, 0.15) is 0 Å². The molecule has 0 aromatic rings. The summed E-state index contributed by atoms with van der Waals surface area (Å²) in [6, 6.07) is 0. The van der Waals surface area contributed by atoms with E-state index in [4.69, 9.17) is 0 Å². The minimum Gasteiger partial charge on any atom is -0.211 e. The largest absolute Gasteiger partial charge is 0.234 e. The zero-order valence-corrected chi connectivity index (χ0v) is 6.18. The Hall–Kier alpha value is -0.620. The minimum absolute atomic E-state index is 0.689. The van der Waals surface area contributed by atoms with Gasteiger partial charge in [0.25, 0.3) is 0 Å². The van der Waals surface area contributed by atoms with Gasteiger partial charge in [-0.15, -0.1) is 0 Å². The van der Waals surface area contributed by atoms with Crippen molar-refractivity contribution in [1.29, 1.82) is 0 Å². The summed E-state index contributed by atoms with van der Waals surface area (Å²) in [7, 11) is 0. The van der Waals surface area contributed by atoms with Crippen LogP contribution in [0, 0.1) is 5.92 Å². The van der Waals surface area contributed by atoms with E-state index < -0.39 is 0 Å². The SMILES string of the molecule is O=C=NCCC1CCCC1. The fourth-order valence-corrected chi connectivity index (χ4v) is 1.59. The Balaban J connectivity index is 2.06. The molecule has 56 valence electrons. The van der Waals surface area contributed by atoms with Crippen molar-refractivity contribution < 1.29 is 4.79 Å². The Bertz CT molecular complexity index is 132. The summed E-state index contributed by atoms with van der Waals surface area (Å²) in [4.78, 5) is 13.2. The number of carbonyl (C=O) groups excluding carboxylic acids is 1. The lowest BCUT2D eigenvalue weighted by Crippen LogP contribution is -1.94. The molecule has 0 amide bonds. The highest BCUT2D eigenvalue weighted by atomic mass is 16.1. The van der Waals surface area contributed by atoms with Crippen LogP contribution in [0.2, 0.25) is 0 Å². The summed E-state index contributed by atoms with van der Waals surface area (Å²) in [6.45, 7) is 0.689. The van der Waals surface area contributed by atoms with Gasteiger partial charge in [-0.25, -0.2) is 9.79 Å². The van der Waals surface area contributed by atoms with E-state index >= 15 is 0 Å². The quantitative estimate of drug-likeness (QED) is 0.433. The number of nitrogens with zero attached hydrogens (tertiary/aromatic N) is 1. The Morgan fingerprint density at radius 2 is 2.10 bits per heavy atom. The average molecular weight is 139 g/mol. The maximum absolute atomic E-state index is 9.69. The van der Waals surface area contributed by atoms with Crippen LogP contribution in [0.3, 0.4) is 0 Å². The second kappa shape index (κ2) is 4.24. The van der Waals surface area contributed by atoms with E-state index in [1.54, 1.807) is 6.08 Å². The van der Waals surface area contributed by atoms with Crippen molar-refractivity contribution in [3.05, 3.63) is 0 Å². The Morgan fingerprint density at radius 1 is 1.40 bits per heavy atom. The van der Waals surface area contributed by atoms with E-state index in [1.807, 2.05) is 0 Å². The molecule has 0 aliphatic heterocycles. The molecule has 0 radical (unpaired) electrons. The highest BCUT2D eigenvalue weighted by molar-refractivity contribution is 5.32. The lowest BCUT2D eigenvalue weighted by atomic mass is 10.1. The van der Waals surface area contributed by atoms with Gasteiger partial charge in [0, 0.05) is 0 Å². The number of aliphatic imine (C=N–C) groups is 1. The first-order valence-electron chi connectivity index (χ1n) is 3.97. The van der Waals surface area contributed by atoms with Crippen LogP contribution in [-0.2, 0) is 4.79 Å².